The van der Waals surface area contributed by atoms with Gasteiger partial charge in [0.2, 0.25) is 0 Å². The van der Waals surface area contributed by atoms with Crippen molar-refractivity contribution in [1.29, 1.82) is 0 Å². The Labute approximate surface area is 142 Å². The first kappa shape index (κ1) is 19.6. The van der Waals surface area contributed by atoms with Gasteiger partial charge in [0.25, 0.3) is 0 Å². The molecule has 1 rings (SSSR count). The van der Waals surface area contributed by atoms with Crippen molar-refractivity contribution in [3.63, 3.8) is 0 Å². The van der Waals surface area contributed by atoms with Crippen LogP contribution >= 0.6 is 35.3 Å². The average molecular weight is 412 g/mol. The molecule has 0 saturated carbocycles. The number of guanidine groups is 1. The summed E-state index contributed by atoms with van der Waals surface area (Å²) in [6.45, 7) is 9.85. The molecule has 1 aromatic rings. The number of nitrogens with zero attached hydrogens (tertiary/aromatic N) is 2. The summed E-state index contributed by atoms with van der Waals surface area (Å²) in [6.07, 6.45) is 2.97. The molecule has 0 aliphatic rings. The number of thiazole rings is 1. The van der Waals surface area contributed by atoms with Gasteiger partial charge in [0, 0.05) is 30.8 Å². The molecule has 1 aromatic heterocycles. The first-order valence-electron chi connectivity index (χ1n) is 6.83. The minimum absolute atomic E-state index is 0. The van der Waals surface area contributed by atoms with Crippen molar-refractivity contribution in [2.75, 3.05) is 26.3 Å². The number of rotatable bonds is 8. The highest BCUT2D eigenvalue weighted by Crippen LogP contribution is 2.13. The zero-order valence-corrected chi connectivity index (χ0v) is 15.6. The Hall–Kier alpha value is -0.410. The maximum atomic E-state index is 5.29. The second kappa shape index (κ2) is 12.3. The van der Waals surface area contributed by atoms with E-state index in [1.165, 1.54) is 4.88 Å². The van der Waals surface area contributed by atoms with Crippen LogP contribution in [0.15, 0.2) is 11.2 Å². The average Bonchev–Trinajstić information content (AvgIpc) is 2.88. The molecule has 1 heterocycles. The summed E-state index contributed by atoms with van der Waals surface area (Å²) in [6, 6.07) is 0. The predicted octanol–water partition coefficient (Wildman–Crippen LogP) is 2.42. The van der Waals surface area contributed by atoms with E-state index in [-0.39, 0.29) is 24.0 Å². The number of hydrogen-bond donors (Lipinski definition) is 2. The van der Waals surface area contributed by atoms with Crippen LogP contribution in [-0.2, 0) is 17.7 Å². The molecule has 0 aliphatic carbocycles. The van der Waals surface area contributed by atoms with Gasteiger partial charge in [0.1, 0.15) is 5.01 Å². The van der Waals surface area contributed by atoms with Crippen LogP contribution in [0, 0.1) is 0 Å². The molecule has 0 spiro atoms. The lowest BCUT2D eigenvalue weighted by molar-refractivity contribution is 0.152. The van der Waals surface area contributed by atoms with Gasteiger partial charge in [-0.15, -0.1) is 35.3 Å². The van der Waals surface area contributed by atoms with E-state index in [4.69, 9.17) is 4.74 Å². The molecule has 7 heteroatoms. The van der Waals surface area contributed by atoms with Gasteiger partial charge in [-0.25, -0.2) is 9.98 Å². The summed E-state index contributed by atoms with van der Waals surface area (Å²) in [4.78, 5) is 10.2. The molecule has 0 amide bonds. The third-order valence-corrected chi connectivity index (χ3v) is 3.54. The van der Waals surface area contributed by atoms with Crippen molar-refractivity contribution in [3.8, 4) is 0 Å². The van der Waals surface area contributed by atoms with Crippen LogP contribution in [0.1, 0.15) is 30.7 Å². The van der Waals surface area contributed by atoms with Crippen LogP contribution in [0.2, 0.25) is 0 Å². The SMILES string of the molecule is CCNC(=NCc1ncc(CC)s1)NCCOCC.I. The molecule has 0 aromatic carbocycles. The van der Waals surface area contributed by atoms with E-state index < -0.39 is 0 Å². The summed E-state index contributed by atoms with van der Waals surface area (Å²) in [5.74, 6) is 0.815. The standard InChI is InChI=1S/C13H24N4OS.HI/c1-4-11-9-16-12(19-11)10-17-13(14-5-2)15-7-8-18-6-3;/h9H,4-8,10H2,1-3H3,(H2,14,15,17);1H. The third-order valence-electron chi connectivity index (χ3n) is 2.41. The van der Waals surface area contributed by atoms with Crippen LogP contribution in [-0.4, -0.2) is 37.2 Å². The first-order chi connectivity index (χ1) is 9.30. The van der Waals surface area contributed by atoms with E-state index in [9.17, 15) is 0 Å². The van der Waals surface area contributed by atoms with Gasteiger partial charge in [0.05, 0.1) is 13.2 Å². The van der Waals surface area contributed by atoms with Crippen LogP contribution in [0.4, 0.5) is 0 Å². The van der Waals surface area contributed by atoms with E-state index in [1.807, 2.05) is 13.1 Å². The summed E-state index contributed by atoms with van der Waals surface area (Å²) in [7, 11) is 0. The maximum Gasteiger partial charge on any atom is 0.191 e. The minimum atomic E-state index is 0. The molecule has 116 valence electrons. The normalized spacial score (nSPS) is 11.1. The van der Waals surface area contributed by atoms with Crippen molar-refractivity contribution in [1.82, 2.24) is 15.6 Å². The highest BCUT2D eigenvalue weighted by atomic mass is 127. The second-order valence-corrected chi connectivity index (χ2v) is 5.09. The Balaban J connectivity index is 0.00000361. The maximum absolute atomic E-state index is 5.29. The van der Waals surface area contributed by atoms with Crippen molar-refractivity contribution in [2.45, 2.75) is 33.7 Å². The van der Waals surface area contributed by atoms with E-state index >= 15 is 0 Å². The van der Waals surface area contributed by atoms with Crippen LogP contribution in [0.3, 0.4) is 0 Å². The van der Waals surface area contributed by atoms with E-state index in [0.717, 1.165) is 37.1 Å². The number of aromatic nitrogens is 1. The highest BCUT2D eigenvalue weighted by molar-refractivity contribution is 14.0. The van der Waals surface area contributed by atoms with Gasteiger partial charge in [0.15, 0.2) is 5.96 Å². The van der Waals surface area contributed by atoms with Crippen LogP contribution in [0.5, 0.6) is 0 Å². The van der Waals surface area contributed by atoms with Gasteiger partial charge in [-0.05, 0) is 20.3 Å². The van der Waals surface area contributed by atoms with Gasteiger partial charge in [-0.1, -0.05) is 6.92 Å². The fourth-order valence-electron chi connectivity index (χ4n) is 1.46. The van der Waals surface area contributed by atoms with Gasteiger partial charge in [-0.2, -0.15) is 0 Å². The van der Waals surface area contributed by atoms with E-state index in [0.29, 0.717) is 13.2 Å². The molecule has 0 atom stereocenters. The molecule has 0 aliphatic heterocycles. The Morgan fingerprint density at radius 3 is 2.75 bits per heavy atom. The van der Waals surface area contributed by atoms with Crippen molar-refractivity contribution < 1.29 is 4.74 Å². The Morgan fingerprint density at radius 1 is 1.35 bits per heavy atom. The largest absolute Gasteiger partial charge is 0.380 e. The molecule has 20 heavy (non-hydrogen) atoms. The van der Waals surface area contributed by atoms with Crippen molar-refractivity contribution in [2.24, 2.45) is 4.99 Å². The summed E-state index contributed by atoms with van der Waals surface area (Å²) in [5.41, 5.74) is 0. The van der Waals surface area contributed by atoms with Crippen molar-refractivity contribution in [3.05, 3.63) is 16.1 Å². The van der Waals surface area contributed by atoms with Crippen molar-refractivity contribution >= 4 is 41.3 Å². The number of hydrogen-bond acceptors (Lipinski definition) is 4. The fourth-order valence-corrected chi connectivity index (χ4v) is 2.25. The quantitative estimate of drug-likeness (QED) is 0.298. The van der Waals surface area contributed by atoms with Crippen LogP contribution < -0.4 is 10.6 Å². The molecule has 0 unspecified atom stereocenters. The first-order valence-corrected chi connectivity index (χ1v) is 7.65. The smallest absolute Gasteiger partial charge is 0.191 e. The topological polar surface area (TPSA) is 58.5 Å². The third kappa shape index (κ3) is 8.01. The van der Waals surface area contributed by atoms with Crippen LogP contribution in [0.25, 0.3) is 0 Å². The summed E-state index contributed by atoms with van der Waals surface area (Å²) >= 11 is 1.73. The predicted molar refractivity (Wildman–Crippen MR) is 96.2 cm³/mol. The number of ether oxygens (including phenoxy) is 1. The number of aryl methyl sites for hydroxylation is 1. The van der Waals surface area contributed by atoms with Gasteiger partial charge >= 0.3 is 0 Å². The van der Waals surface area contributed by atoms with E-state index in [1.54, 1.807) is 11.3 Å². The molecular weight excluding hydrogens is 387 g/mol. The minimum Gasteiger partial charge on any atom is -0.380 e. The summed E-state index contributed by atoms with van der Waals surface area (Å²) < 4.78 is 5.29. The monoisotopic (exact) mass is 412 g/mol. The van der Waals surface area contributed by atoms with Gasteiger partial charge in [-0.3, -0.25) is 0 Å². The van der Waals surface area contributed by atoms with Gasteiger partial charge < -0.3 is 15.4 Å². The Bertz CT molecular complexity index is 384. The molecule has 0 radical (unpaired) electrons. The molecule has 2 N–H and O–H groups in total. The molecule has 0 fully saturated rings. The second-order valence-electron chi connectivity index (χ2n) is 3.89. The molecular formula is C13H25IN4OS. The highest BCUT2D eigenvalue weighted by Gasteiger charge is 2.01. The molecule has 5 nitrogen and oxygen atoms in total. The van der Waals surface area contributed by atoms with E-state index in [2.05, 4.69) is 34.5 Å². The number of halogens is 1. The summed E-state index contributed by atoms with van der Waals surface area (Å²) in [5, 5.41) is 7.50. The zero-order valence-electron chi connectivity index (χ0n) is 12.4. The number of aliphatic imine (C=N–C) groups is 1. The molecule has 0 bridgehead atoms. The Morgan fingerprint density at radius 2 is 2.15 bits per heavy atom. The molecule has 0 saturated heterocycles. The lowest BCUT2D eigenvalue weighted by atomic mass is 10.4. The lowest BCUT2D eigenvalue weighted by Crippen LogP contribution is -2.38. The Kier molecular flexibility index (Phi) is 12.1. The number of nitrogens with one attached hydrogen (secondary N) is 2. The zero-order chi connectivity index (χ0) is 13.9. The lowest BCUT2D eigenvalue weighted by Gasteiger charge is -2.10. The fraction of sp³-hybridized carbons (Fsp3) is 0.692.